The van der Waals surface area contributed by atoms with Crippen molar-refractivity contribution in [2.75, 3.05) is 6.26 Å². The first kappa shape index (κ1) is 17.6. The summed E-state index contributed by atoms with van der Waals surface area (Å²) in [6, 6.07) is 3.14. The van der Waals surface area contributed by atoms with Crippen molar-refractivity contribution in [2.24, 2.45) is 0 Å². The van der Waals surface area contributed by atoms with Crippen LogP contribution in [0.2, 0.25) is 0 Å². The number of rotatable bonds is 4. The molecular weight excluding hydrogens is 377 g/mol. The van der Waals surface area contributed by atoms with Crippen LogP contribution in [0.15, 0.2) is 33.0 Å². The molecule has 2 aromatic heterocycles. The Morgan fingerprint density at radius 1 is 1.28 bits per heavy atom. The maximum Gasteiger partial charge on any atom is 0.298 e. The van der Waals surface area contributed by atoms with E-state index in [-0.39, 0.29) is 16.8 Å². The van der Waals surface area contributed by atoms with Crippen LogP contribution in [0.5, 0.6) is 0 Å². The highest BCUT2D eigenvalue weighted by molar-refractivity contribution is 7.90. The quantitative estimate of drug-likeness (QED) is 0.668. The van der Waals surface area contributed by atoms with Gasteiger partial charge in [-0.05, 0) is 24.6 Å². The number of aryl methyl sites for hydroxylation is 1. The lowest BCUT2D eigenvalue weighted by Gasteiger charge is -2.06. The van der Waals surface area contributed by atoms with E-state index in [0.29, 0.717) is 10.7 Å². The molecule has 0 bridgehead atoms. The molecule has 0 atom stereocenters. The van der Waals surface area contributed by atoms with Gasteiger partial charge in [0.2, 0.25) is 5.76 Å². The first-order chi connectivity index (χ1) is 11.7. The highest BCUT2D eigenvalue weighted by Gasteiger charge is 2.27. The van der Waals surface area contributed by atoms with Crippen LogP contribution in [0.4, 0.5) is 13.2 Å². The smallest absolute Gasteiger partial charge is 0.298 e. The molecule has 0 saturated heterocycles. The van der Waals surface area contributed by atoms with Crippen LogP contribution in [-0.2, 0) is 9.84 Å². The number of sulfone groups is 1. The molecule has 0 aliphatic rings. The molecule has 0 unspecified atom stereocenters. The lowest BCUT2D eigenvalue weighted by molar-refractivity contribution is 0.113. The highest BCUT2D eigenvalue weighted by Crippen LogP contribution is 2.39. The van der Waals surface area contributed by atoms with E-state index in [2.05, 4.69) is 10.1 Å². The van der Waals surface area contributed by atoms with Crippen LogP contribution in [0.1, 0.15) is 17.2 Å². The van der Waals surface area contributed by atoms with Crippen LogP contribution in [0.25, 0.3) is 22.5 Å². The van der Waals surface area contributed by atoms with Gasteiger partial charge in [0.05, 0.1) is 10.6 Å². The fourth-order valence-corrected chi connectivity index (χ4v) is 3.66. The Morgan fingerprint density at radius 2 is 2.00 bits per heavy atom. The Labute approximate surface area is 145 Å². The van der Waals surface area contributed by atoms with Crippen molar-refractivity contribution < 1.29 is 26.1 Å². The Bertz CT molecular complexity index is 1040. The molecule has 0 radical (unpaired) electrons. The highest BCUT2D eigenvalue weighted by atomic mass is 32.2. The van der Waals surface area contributed by atoms with Crippen molar-refractivity contribution in [3.8, 4) is 22.5 Å². The molecule has 3 aromatic rings. The number of aromatic nitrogens is 2. The topological polar surface area (TPSA) is 73.1 Å². The molecule has 0 N–H and O–H groups in total. The van der Waals surface area contributed by atoms with E-state index in [1.165, 1.54) is 17.4 Å². The van der Waals surface area contributed by atoms with Gasteiger partial charge >= 0.3 is 0 Å². The van der Waals surface area contributed by atoms with E-state index in [9.17, 15) is 21.6 Å². The van der Waals surface area contributed by atoms with Crippen LogP contribution < -0.4 is 0 Å². The van der Waals surface area contributed by atoms with Crippen LogP contribution in [0, 0.1) is 12.7 Å². The second-order valence-electron chi connectivity index (χ2n) is 5.24. The van der Waals surface area contributed by atoms with E-state index in [1.807, 2.05) is 0 Å². The average Bonchev–Trinajstić information content (AvgIpc) is 3.11. The Balaban J connectivity index is 2.22. The minimum absolute atomic E-state index is 0.0297. The van der Waals surface area contributed by atoms with Crippen LogP contribution in [0.3, 0.4) is 0 Å². The van der Waals surface area contributed by atoms with Crippen molar-refractivity contribution in [3.63, 3.8) is 0 Å². The van der Waals surface area contributed by atoms with Gasteiger partial charge in [0.15, 0.2) is 9.84 Å². The van der Waals surface area contributed by atoms with Gasteiger partial charge in [-0.25, -0.2) is 26.6 Å². The summed E-state index contributed by atoms with van der Waals surface area (Å²) < 4.78 is 68.5. The van der Waals surface area contributed by atoms with E-state index in [1.54, 1.807) is 12.3 Å². The van der Waals surface area contributed by atoms with Gasteiger partial charge in [-0.15, -0.1) is 11.3 Å². The van der Waals surface area contributed by atoms with Gasteiger partial charge < -0.3 is 4.52 Å². The fraction of sp³-hybridized carbons (Fsp3) is 0.200. The van der Waals surface area contributed by atoms with E-state index in [4.69, 9.17) is 4.52 Å². The van der Waals surface area contributed by atoms with Gasteiger partial charge in [0.1, 0.15) is 22.1 Å². The minimum Gasteiger partial charge on any atom is -0.354 e. The monoisotopic (exact) mass is 388 g/mol. The third-order valence-corrected chi connectivity index (χ3v) is 5.30. The second-order valence-corrected chi connectivity index (χ2v) is 8.29. The van der Waals surface area contributed by atoms with Gasteiger partial charge in [-0.3, -0.25) is 0 Å². The third-order valence-electron chi connectivity index (χ3n) is 3.40. The molecule has 0 saturated carbocycles. The van der Waals surface area contributed by atoms with Crippen molar-refractivity contribution >= 4 is 21.2 Å². The molecule has 0 amide bonds. The van der Waals surface area contributed by atoms with Crippen molar-refractivity contribution in [3.05, 3.63) is 40.2 Å². The first-order valence-electron chi connectivity index (χ1n) is 6.88. The molecular formula is C15H11F3N2O3S2. The number of thiazole rings is 1. The maximum absolute atomic E-state index is 14.2. The van der Waals surface area contributed by atoms with Crippen molar-refractivity contribution in [2.45, 2.75) is 18.2 Å². The number of nitrogens with zero attached hydrogens (tertiary/aromatic N) is 2. The fourth-order valence-electron chi connectivity index (χ4n) is 2.33. The van der Waals surface area contributed by atoms with Crippen molar-refractivity contribution in [1.29, 1.82) is 0 Å². The number of hydrogen-bond acceptors (Lipinski definition) is 6. The standard InChI is InChI=1S/C15H11F3N2O3S2/c1-7-19-10(6-24-7)13-12(14(15(17)18)23-20-13)8-3-4-11(9(16)5-8)25(2,21)22/h3-6,15H,1-2H3. The van der Waals surface area contributed by atoms with Gasteiger partial charge in [0, 0.05) is 11.6 Å². The Morgan fingerprint density at radius 3 is 2.52 bits per heavy atom. The third kappa shape index (κ3) is 3.31. The van der Waals surface area contributed by atoms with Crippen molar-refractivity contribution in [1.82, 2.24) is 10.1 Å². The zero-order valence-corrected chi connectivity index (χ0v) is 14.6. The molecule has 132 valence electrons. The summed E-state index contributed by atoms with van der Waals surface area (Å²) in [5.41, 5.74) is 0.285. The van der Waals surface area contributed by atoms with Crippen LogP contribution in [-0.4, -0.2) is 24.8 Å². The molecule has 2 heterocycles. The predicted octanol–water partition coefficient (Wildman–Crippen LogP) is 4.25. The normalized spacial score (nSPS) is 12.1. The summed E-state index contributed by atoms with van der Waals surface area (Å²) in [7, 11) is -3.78. The lowest BCUT2D eigenvalue weighted by Crippen LogP contribution is -2.01. The Hall–Kier alpha value is -2.20. The van der Waals surface area contributed by atoms with Gasteiger partial charge in [0.25, 0.3) is 6.43 Å². The summed E-state index contributed by atoms with van der Waals surface area (Å²) in [5.74, 6) is -1.77. The summed E-state index contributed by atoms with van der Waals surface area (Å²) in [6.07, 6.45) is -2.12. The number of benzene rings is 1. The van der Waals surface area contributed by atoms with Gasteiger partial charge in [-0.1, -0.05) is 11.2 Å². The number of hydrogen-bond donors (Lipinski definition) is 0. The average molecular weight is 388 g/mol. The summed E-state index contributed by atoms with van der Waals surface area (Å²) in [4.78, 5) is 3.66. The summed E-state index contributed by atoms with van der Waals surface area (Å²) >= 11 is 1.30. The first-order valence-corrected chi connectivity index (χ1v) is 9.65. The van der Waals surface area contributed by atoms with E-state index in [0.717, 1.165) is 18.4 Å². The van der Waals surface area contributed by atoms with Crippen LogP contribution >= 0.6 is 11.3 Å². The molecule has 1 aromatic carbocycles. The summed E-state index contributed by atoms with van der Waals surface area (Å²) in [6.45, 7) is 1.74. The Kier molecular flexibility index (Phi) is 4.41. The molecule has 5 nitrogen and oxygen atoms in total. The second kappa shape index (κ2) is 6.26. The lowest BCUT2D eigenvalue weighted by atomic mass is 10.0. The number of halogens is 3. The minimum atomic E-state index is -3.78. The number of alkyl halides is 2. The molecule has 10 heteroatoms. The maximum atomic E-state index is 14.2. The molecule has 0 aliphatic carbocycles. The molecule has 0 spiro atoms. The molecule has 3 rings (SSSR count). The molecule has 0 fully saturated rings. The predicted molar refractivity (Wildman–Crippen MR) is 85.8 cm³/mol. The summed E-state index contributed by atoms with van der Waals surface area (Å²) in [5, 5.41) is 5.96. The van der Waals surface area contributed by atoms with Gasteiger partial charge in [-0.2, -0.15) is 0 Å². The zero-order chi connectivity index (χ0) is 18.4. The molecule has 25 heavy (non-hydrogen) atoms. The van der Waals surface area contributed by atoms with E-state index >= 15 is 0 Å². The largest absolute Gasteiger partial charge is 0.354 e. The molecule has 0 aliphatic heterocycles. The SMILES string of the molecule is Cc1nc(-c2noc(C(F)F)c2-c2ccc(S(C)(=O)=O)c(F)c2)cs1. The van der Waals surface area contributed by atoms with E-state index < -0.39 is 32.7 Å². The zero-order valence-electron chi connectivity index (χ0n) is 13.0.